The zero-order valence-electron chi connectivity index (χ0n) is 6.84. The largest absolute Gasteiger partial charge is 0.354 e. The number of aromatic amines is 1. The number of carbonyl (C=O) groups is 1. The van der Waals surface area contributed by atoms with Gasteiger partial charge in [-0.25, -0.2) is 4.98 Å². The van der Waals surface area contributed by atoms with Crippen LogP contribution in [-0.2, 0) is 0 Å². The quantitative estimate of drug-likeness (QED) is 0.588. The summed E-state index contributed by atoms with van der Waals surface area (Å²) in [4.78, 5) is 28.1. The van der Waals surface area contributed by atoms with Crippen molar-refractivity contribution in [3.8, 4) is 0 Å². The number of amides is 1. The third-order valence-corrected chi connectivity index (χ3v) is 1.32. The Hall–Kier alpha value is -1.65. The molecular weight excluding hydrogens is 158 g/mol. The van der Waals surface area contributed by atoms with E-state index in [1.807, 2.05) is 0 Å². The van der Waals surface area contributed by atoms with Gasteiger partial charge in [0.25, 0.3) is 11.5 Å². The fraction of sp³-hybridized carbons (Fsp3) is 0.286. The van der Waals surface area contributed by atoms with Gasteiger partial charge in [0.15, 0.2) is 0 Å². The van der Waals surface area contributed by atoms with Gasteiger partial charge in [-0.2, -0.15) is 0 Å². The maximum Gasteiger partial charge on any atom is 0.269 e. The van der Waals surface area contributed by atoms with Gasteiger partial charge in [0, 0.05) is 13.1 Å². The van der Waals surface area contributed by atoms with Gasteiger partial charge in [0.2, 0.25) is 0 Å². The molecule has 64 valence electrons. The first-order valence-electron chi connectivity index (χ1n) is 3.43. The van der Waals surface area contributed by atoms with E-state index in [2.05, 4.69) is 15.3 Å². The second kappa shape index (κ2) is 3.17. The predicted molar refractivity (Wildman–Crippen MR) is 43.0 cm³/mol. The monoisotopic (exact) mass is 167 g/mol. The molecule has 0 fully saturated rings. The Labute approximate surface area is 68.8 Å². The molecule has 0 saturated carbocycles. The lowest BCUT2D eigenvalue weighted by atomic mass is 10.4. The van der Waals surface area contributed by atoms with Gasteiger partial charge in [0.05, 0.1) is 0 Å². The molecule has 5 heteroatoms. The average Bonchev–Trinajstić information content (AvgIpc) is 2.01. The molecule has 0 aliphatic heterocycles. The van der Waals surface area contributed by atoms with E-state index in [1.54, 1.807) is 6.92 Å². The molecule has 0 aromatic carbocycles. The second-order valence-corrected chi connectivity index (χ2v) is 2.30. The maximum absolute atomic E-state index is 11.0. The molecule has 0 atom stereocenters. The van der Waals surface area contributed by atoms with Crippen LogP contribution in [0.4, 0.5) is 0 Å². The fourth-order valence-corrected chi connectivity index (χ4v) is 0.824. The Balaban J connectivity index is 3.17. The van der Waals surface area contributed by atoms with Gasteiger partial charge in [-0.05, 0) is 6.92 Å². The summed E-state index contributed by atoms with van der Waals surface area (Å²) in [6.45, 7) is 1.62. The van der Waals surface area contributed by atoms with Crippen molar-refractivity contribution in [2.45, 2.75) is 6.92 Å². The van der Waals surface area contributed by atoms with Crippen LogP contribution in [0.1, 0.15) is 16.3 Å². The summed E-state index contributed by atoms with van der Waals surface area (Å²) in [5.41, 5.74) is -0.181. The van der Waals surface area contributed by atoms with Crippen LogP contribution in [0.25, 0.3) is 0 Å². The third kappa shape index (κ3) is 1.69. The molecule has 1 aromatic rings. The summed E-state index contributed by atoms with van der Waals surface area (Å²) >= 11 is 0. The van der Waals surface area contributed by atoms with Crippen molar-refractivity contribution in [2.75, 3.05) is 7.05 Å². The number of carbonyl (C=O) groups excluding carboxylic acids is 1. The van der Waals surface area contributed by atoms with Gasteiger partial charge in [0.1, 0.15) is 11.5 Å². The van der Waals surface area contributed by atoms with Crippen LogP contribution in [-0.4, -0.2) is 22.9 Å². The topological polar surface area (TPSA) is 74.8 Å². The predicted octanol–water partition coefficient (Wildman–Crippen LogP) is -0.562. The fourth-order valence-electron chi connectivity index (χ4n) is 0.824. The number of hydrogen-bond acceptors (Lipinski definition) is 3. The van der Waals surface area contributed by atoms with E-state index < -0.39 is 0 Å². The van der Waals surface area contributed by atoms with Gasteiger partial charge in [-0.1, -0.05) is 0 Å². The molecule has 1 aromatic heterocycles. The Morgan fingerprint density at radius 3 is 2.83 bits per heavy atom. The highest BCUT2D eigenvalue weighted by molar-refractivity contribution is 5.91. The molecule has 2 N–H and O–H groups in total. The summed E-state index contributed by atoms with van der Waals surface area (Å²) < 4.78 is 0. The van der Waals surface area contributed by atoms with E-state index in [9.17, 15) is 9.59 Å². The standard InChI is InChI=1S/C7H9N3O2/c1-4-9-5(7(12)8-2)3-6(11)10-4/h3H,1-2H3,(H,8,12)(H,9,10,11). The average molecular weight is 167 g/mol. The van der Waals surface area contributed by atoms with Crippen molar-refractivity contribution in [3.05, 3.63) is 27.9 Å². The Morgan fingerprint density at radius 1 is 1.67 bits per heavy atom. The van der Waals surface area contributed by atoms with E-state index in [1.165, 1.54) is 7.05 Å². The minimum absolute atomic E-state index is 0.138. The van der Waals surface area contributed by atoms with Crippen LogP contribution >= 0.6 is 0 Å². The van der Waals surface area contributed by atoms with Gasteiger partial charge in [-0.15, -0.1) is 0 Å². The van der Waals surface area contributed by atoms with Gasteiger partial charge >= 0.3 is 0 Å². The highest BCUT2D eigenvalue weighted by atomic mass is 16.2. The van der Waals surface area contributed by atoms with Gasteiger partial charge < -0.3 is 10.3 Å². The summed E-state index contributed by atoms with van der Waals surface area (Å²) in [7, 11) is 1.49. The number of hydrogen-bond donors (Lipinski definition) is 2. The molecule has 0 bridgehead atoms. The summed E-state index contributed by atoms with van der Waals surface area (Å²) in [5.74, 6) is 0.0744. The smallest absolute Gasteiger partial charge is 0.269 e. The van der Waals surface area contributed by atoms with Crippen molar-refractivity contribution in [1.82, 2.24) is 15.3 Å². The molecule has 1 rings (SSSR count). The highest BCUT2D eigenvalue weighted by Crippen LogP contribution is 1.89. The molecule has 0 spiro atoms. The molecular formula is C7H9N3O2. The van der Waals surface area contributed by atoms with Crippen molar-refractivity contribution < 1.29 is 4.79 Å². The Morgan fingerprint density at radius 2 is 2.33 bits per heavy atom. The SMILES string of the molecule is CNC(=O)c1cc(=O)[nH]c(C)n1. The van der Waals surface area contributed by atoms with Crippen LogP contribution < -0.4 is 10.9 Å². The molecule has 1 amide bonds. The van der Waals surface area contributed by atoms with Crippen LogP contribution in [0, 0.1) is 6.92 Å². The summed E-state index contributed by atoms with van der Waals surface area (Å²) in [6.07, 6.45) is 0. The maximum atomic E-state index is 11.0. The van der Waals surface area contributed by atoms with E-state index in [4.69, 9.17) is 0 Å². The molecule has 1 heterocycles. The lowest BCUT2D eigenvalue weighted by Crippen LogP contribution is -2.22. The second-order valence-electron chi connectivity index (χ2n) is 2.30. The number of nitrogens with zero attached hydrogens (tertiary/aromatic N) is 1. The minimum atomic E-state index is -0.357. The van der Waals surface area contributed by atoms with Crippen LogP contribution in [0.3, 0.4) is 0 Å². The molecule has 0 saturated heterocycles. The number of rotatable bonds is 1. The summed E-state index contributed by atoms with van der Waals surface area (Å²) in [5, 5.41) is 2.38. The number of nitrogens with one attached hydrogen (secondary N) is 2. The molecule has 12 heavy (non-hydrogen) atoms. The van der Waals surface area contributed by atoms with E-state index in [0.717, 1.165) is 6.07 Å². The zero-order valence-corrected chi connectivity index (χ0v) is 6.84. The van der Waals surface area contributed by atoms with Crippen molar-refractivity contribution in [2.24, 2.45) is 0 Å². The highest BCUT2D eigenvalue weighted by Gasteiger charge is 2.05. The molecule has 0 radical (unpaired) electrons. The van der Waals surface area contributed by atoms with Crippen LogP contribution in [0.5, 0.6) is 0 Å². The van der Waals surface area contributed by atoms with Crippen LogP contribution in [0.15, 0.2) is 10.9 Å². The number of aromatic nitrogens is 2. The first kappa shape index (κ1) is 8.45. The first-order chi connectivity index (χ1) is 5.63. The molecule has 0 unspecified atom stereocenters. The van der Waals surface area contributed by atoms with Crippen molar-refractivity contribution in [3.63, 3.8) is 0 Å². The molecule has 0 aliphatic carbocycles. The molecule has 5 nitrogen and oxygen atoms in total. The first-order valence-corrected chi connectivity index (χ1v) is 3.43. The van der Waals surface area contributed by atoms with E-state index in [0.29, 0.717) is 5.82 Å². The Bertz CT molecular complexity index is 356. The van der Waals surface area contributed by atoms with E-state index >= 15 is 0 Å². The number of H-pyrrole nitrogens is 1. The third-order valence-electron chi connectivity index (χ3n) is 1.32. The minimum Gasteiger partial charge on any atom is -0.354 e. The number of aryl methyl sites for hydroxylation is 1. The normalized spacial score (nSPS) is 9.50. The van der Waals surface area contributed by atoms with E-state index in [-0.39, 0.29) is 17.2 Å². The van der Waals surface area contributed by atoms with Gasteiger partial charge in [-0.3, -0.25) is 9.59 Å². The zero-order chi connectivity index (χ0) is 9.14. The molecule has 0 aliphatic rings. The lowest BCUT2D eigenvalue weighted by molar-refractivity contribution is 0.0957. The summed E-state index contributed by atoms with van der Waals surface area (Å²) in [6, 6.07) is 1.16. The van der Waals surface area contributed by atoms with Crippen LogP contribution in [0.2, 0.25) is 0 Å². The lowest BCUT2D eigenvalue weighted by Gasteiger charge is -1.98. The Kier molecular flexibility index (Phi) is 2.23. The van der Waals surface area contributed by atoms with Crippen molar-refractivity contribution >= 4 is 5.91 Å². The van der Waals surface area contributed by atoms with Crippen molar-refractivity contribution in [1.29, 1.82) is 0 Å².